The van der Waals surface area contributed by atoms with E-state index in [0.717, 1.165) is 12.3 Å². The van der Waals surface area contributed by atoms with Gasteiger partial charge >= 0.3 is 0 Å². The van der Waals surface area contributed by atoms with E-state index in [1.807, 2.05) is 23.1 Å². The van der Waals surface area contributed by atoms with Crippen LogP contribution in [0, 0.1) is 5.92 Å². The van der Waals surface area contributed by atoms with Crippen molar-refractivity contribution in [3.05, 3.63) is 60.2 Å². The maximum atomic E-state index is 12.0. The molecule has 3 rings (SSSR count). The van der Waals surface area contributed by atoms with Gasteiger partial charge in [0, 0.05) is 19.5 Å². The van der Waals surface area contributed by atoms with Crippen LogP contribution in [-0.2, 0) is 11.3 Å². The van der Waals surface area contributed by atoms with E-state index in [0.29, 0.717) is 18.9 Å². The van der Waals surface area contributed by atoms with Gasteiger partial charge in [0.15, 0.2) is 0 Å². The van der Waals surface area contributed by atoms with Gasteiger partial charge in [-0.3, -0.25) is 4.79 Å². The van der Waals surface area contributed by atoms with Crippen LogP contribution >= 0.6 is 12.6 Å². The van der Waals surface area contributed by atoms with E-state index in [2.05, 4.69) is 49.0 Å². The Morgan fingerprint density at radius 2 is 1.81 bits per heavy atom. The maximum Gasteiger partial charge on any atom is 0.223 e. The van der Waals surface area contributed by atoms with Gasteiger partial charge in [-0.15, -0.1) is 0 Å². The fraction of sp³-hybridized carbons (Fsp3) is 0.278. The first-order valence-electron chi connectivity index (χ1n) is 7.29. The molecule has 2 aromatic rings. The standard InChI is InChI=1S/C18H19NOS/c20-18-10-15(13-21)12-19(18)11-14-5-4-8-17(9-14)16-6-2-1-3-7-16/h1-9,15,21H,10-13H2. The highest BCUT2D eigenvalue weighted by atomic mass is 32.1. The van der Waals surface area contributed by atoms with Crippen LogP contribution in [0.1, 0.15) is 12.0 Å². The predicted octanol–water partition coefficient (Wildman–Crippen LogP) is 3.63. The van der Waals surface area contributed by atoms with Crippen molar-refractivity contribution in [2.75, 3.05) is 12.3 Å². The summed E-state index contributed by atoms with van der Waals surface area (Å²) in [5.74, 6) is 1.43. The number of nitrogens with zero attached hydrogens (tertiary/aromatic N) is 1. The van der Waals surface area contributed by atoms with Gasteiger partial charge in [-0.25, -0.2) is 0 Å². The van der Waals surface area contributed by atoms with Crippen LogP contribution < -0.4 is 0 Å². The van der Waals surface area contributed by atoms with Crippen molar-refractivity contribution in [1.29, 1.82) is 0 Å². The molecule has 1 heterocycles. The van der Waals surface area contributed by atoms with Gasteiger partial charge in [-0.1, -0.05) is 48.5 Å². The summed E-state index contributed by atoms with van der Waals surface area (Å²) in [6.07, 6.45) is 0.641. The highest BCUT2D eigenvalue weighted by Gasteiger charge is 2.28. The van der Waals surface area contributed by atoms with E-state index in [1.165, 1.54) is 16.7 Å². The molecule has 1 unspecified atom stereocenters. The molecule has 108 valence electrons. The molecule has 1 saturated heterocycles. The molecule has 3 heteroatoms. The first-order valence-corrected chi connectivity index (χ1v) is 7.92. The van der Waals surface area contributed by atoms with Crippen LogP contribution in [0.15, 0.2) is 54.6 Å². The topological polar surface area (TPSA) is 20.3 Å². The van der Waals surface area contributed by atoms with Crippen LogP contribution in [-0.4, -0.2) is 23.1 Å². The summed E-state index contributed by atoms with van der Waals surface area (Å²) in [5.41, 5.74) is 3.59. The van der Waals surface area contributed by atoms with Crippen molar-refractivity contribution in [1.82, 2.24) is 4.90 Å². The predicted molar refractivity (Wildman–Crippen MR) is 89.3 cm³/mol. The minimum atomic E-state index is 0.249. The molecule has 1 atom stereocenters. The summed E-state index contributed by atoms with van der Waals surface area (Å²) in [6, 6.07) is 18.8. The van der Waals surface area contributed by atoms with Gasteiger partial charge in [0.1, 0.15) is 0 Å². The molecule has 1 aliphatic rings. The van der Waals surface area contributed by atoms with Crippen LogP contribution in [0.25, 0.3) is 11.1 Å². The monoisotopic (exact) mass is 297 g/mol. The summed E-state index contributed by atoms with van der Waals surface area (Å²) in [7, 11) is 0. The third kappa shape index (κ3) is 3.30. The van der Waals surface area contributed by atoms with E-state index in [1.54, 1.807) is 0 Å². The van der Waals surface area contributed by atoms with Crippen LogP contribution in [0.3, 0.4) is 0 Å². The molecule has 0 N–H and O–H groups in total. The second-order valence-electron chi connectivity index (χ2n) is 5.59. The SMILES string of the molecule is O=C1CC(CS)CN1Cc1cccc(-c2ccccc2)c1. The molecule has 2 nitrogen and oxygen atoms in total. The summed E-state index contributed by atoms with van der Waals surface area (Å²) in [5, 5.41) is 0. The van der Waals surface area contributed by atoms with Gasteiger partial charge in [-0.2, -0.15) is 12.6 Å². The Morgan fingerprint density at radius 3 is 2.52 bits per heavy atom. The summed E-state index contributed by atoms with van der Waals surface area (Å²) >= 11 is 4.31. The van der Waals surface area contributed by atoms with Gasteiger partial charge in [0.25, 0.3) is 0 Å². The molecule has 1 aliphatic heterocycles. The first kappa shape index (κ1) is 14.2. The minimum absolute atomic E-state index is 0.249. The lowest BCUT2D eigenvalue weighted by Crippen LogP contribution is -2.24. The van der Waals surface area contributed by atoms with Gasteiger partial charge in [0.05, 0.1) is 0 Å². The van der Waals surface area contributed by atoms with Crippen LogP contribution in [0.2, 0.25) is 0 Å². The Hall–Kier alpha value is -1.74. The highest BCUT2D eigenvalue weighted by molar-refractivity contribution is 7.80. The van der Waals surface area contributed by atoms with Crippen molar-refractivity contribution in [2.45, 2.75) is 13.0 Å². The minimum Gasteiger partial charge on any atom is -0.338 e. The van der Waals surface area contributed by atoms with E-state index < -0.39 is 0 Å². The Kier molecular flexibility index (Phi) is 4.30. The smallest absolute Gasteiger partial charge is 0.223 e. The third-order valence-electron chi connectivity index (χ3n) is 3.96. The van der Waals surface area contributed by atoms with E-state index in [9.17, 15) is 4.79 Å². The lowest BCUT2D eigenvalue weighted by Gasteiger charge is -2.17. The largest absolute Gasteiger partial charge is 0.338 e. The zero-order valence-electron chi connectivity index (χ0n) is 11.9. The van der Waals surface area contributed by atoms with Crippen molar-refractivity contribution < 1.29 is 4.79 Å². The van der Waals surface area contributed by atoms with E-state index in [-0.39, 0.29) is 5.91 Å². The number of likely N-dealkylation sites (tertiary alicyclic amines) is 1. The zero-order valence-corrected chi connectivity index (χ0v) is 12.8. The highest BCUT2D eigenvalue weighted by Crippen LogP contribution is 2.24. The Bertz CT molecular complexity index is 626. The van der Waals surface area contributed by atoms with E-state index >= 15 is 0 Å². The Balaban J connectivity index is 1.77. The van der Waals surface area contributed by atoms with Crippen LogP contribution in [0.5, 0.6) is 0 Å². The molecule has 0 saturated carbocycles. The van der Waals surface area contributed by atoms with Crippen molar-refractivity contribution in [2.24, 2.45) is 5.92 Å². The second kappa shape index (κ2) is 6.35. The molecule has 1 fully saturated rings. The second-order valence-corrected chi connectivity index (χ2v) is 5.96. The third-order valence-corrected chi connectivity index (χ3v) is 4.48. The molecule has 0 aliphatic carbocycles. The van der Waals surface area contributed by atoms with Gasteiger partial charge < -0.3 is 4.90 Å². The number of thiol groups is 1. The molecule has 0 bridgehead atoms. The summed E-state index contributed by atoms with van der Waals surface area (Å²) < 4.78 is 0. The Labute approximate surface area is 131 Å². The molecule has 0 spiro atoms. The fourth-order valence-electron chi connectivity index (χ4n) is 2.83. The lowest BCUT2D eigenvalue weighted by atomic mass is 10.0. The average Bonchev–Trinajstić information content (AvgIpc) is 2.89. The molecule has 21 heavy (non-hydrogen) atoms. The average molecular weight is 297 g/mol. The van der Waals surface area contributed by atoms with Crippen molar-refractivity contribution in [3.8, 4) is 11.1 Å². The normalized spacial score (nSPS) is 18.2. The number of hydrogen-bond donors (Lipinski definition) is 1. The van der Waals surface area contributed by atoms with Crippen molar-refractivity contribution >= 4 is 18.5 Å². The Morgan fingerprint density at radius 1 is 1.05 bits per heavy atom. The zero-order chi connectivity index (χ0) is 14.7. The number of benzene rings is 2. The van der Waals surface area contributed by atoms with Gasteiger partial charge in [0.2, 0.25) is 5.91 Å². The number of carbonyl (C=O) groups excluding carboxylic acids is 1. The molecular formula is C18H19NOS. The lowest BCUT2D eigenvalue weighted by molar-refractivity contribution is -0.128. The van der Waals surface area contributed by atoms with Crippen molar-refractivity contribution in [3.63, 3.8) is 0 Å². The molecular weight excluding hydrogens is 278 g/mol. The number of carbonyl (C=O) groups is 1. The first-order chi connectivity index (χ1) is 10.3. The fourth-order valence-corrected chi connectivity index (χ4v) is 3.07. The van der Waals surface area contributed by atoms with E-state index in [4.69, 9.17) is 0 Å². The quantitative estimate of drug-likeness (QED) is 0.854. The summed E-state index contributed by atoms with van der Waals surface area (Å²) in [6.45, 7) is 1.53. The summed E-state index contributed by atoms with van der Waals surface area (Å²) in [4.78, 5) is 13.9. The molecule has 0 aromatic heterocycles. The van der Waals surface area contributed by atoms with Gasteiger partial charge in [-0.05, 0) is 34.4 Å². The number of rotatable bonds is 4. The molecule has 0 radical (unpaired) electrons. The molecule has 1 amide bonds. The number of amides is 1. The number of hydrogen-bond acceptors (Lipinski definition) is 2. The molecule has 2 aromatic carbocycles. The van der Waals surface area contributed by atoms with Crippen LogP contribution in [0.4, 0.5) is 0 Å². The maximum absolute atomic E-state index is 12.0.